The highest BCUT2D eigenvalue weighted by molar-refractivity contribution is 5.71. The molecule has 6 heteroatoms. The molecule has 0 aliphatic carbocycles. The highest BCUT2D eigenvalue weighted by atomic mass is 16.6. The van der Waals surface area contributed by atoms with Crippen molar-refractivity contribution in [1.29, 1.82) is 0 Å². The first kappa shape index (κ1) is 38.4. The zero-order chi connectivity index (χ0) is 29.5. The third-order valence-corrected chi connectivity index (χ3v) is 7.36. The summed E-state index contributed by atoms with van der Waals surface area (Å²) in [4.78, 5) is 36.9. The largest absolute Gasteiger partial charge is 0.462 e. The normalized spacial score (nSPS) is 11.8. The van der Waals surface area contributed by atoms with E-state index in [1.807, 2.05) is 0 Å². The van der Waals surface area contributed by atoms with Crippen molar-refractivity contribution in [1.82, 2.24) is 0 Å². The van der Waals surface area contributed by atoms with Gasteiger partial charge in [-0.2, -0.15) is 0 Å². The summed E-state index contributed by atoms with van der Waals surface area (Å²) >= 11 is 0. The van der Waals surface area contributed by atoms with Gasteiger partial charge in [-0.15, -0.1) is 0 Å². The molecule has 0 radical (unpaired) electrons. The van der Waals surface area contributed by atoms with Crippen LogP contribution < -0.4 is 0 Å². The van der Waals surface area contributed by atoms with E-state index in [2.05, 4.69) is 20.8 Å². The average Bonchev–Trinajstić information content (AvgIpc) is 2.94. The van der Waals surface area contributed by atoms with Gasteiger partial charge in [0, 0.05) is 19.3 Å². The third-order valence-electron chi connectivity index (χ3n) is 7.36. The fourth-order valence-corrected chi connectivity index (χ4v) is 4.73. The quantitative estimate of drug-likeness (QED) is 0.0487. The maximum atomic E-state index is 12.4. The minimum Gasteiger partial charge on any atom is -0.462 e. The summed E-state index contributed by atoms with van der Waals surface area (Å²) in [5.41, 5.74) is 0. The fraction of sp³-hybridized carbons (Fsp3) is 0.912. The predicted molar refractivity (Wildman–Crippen MR) is 164 cm³/mol. The second-order valence-electron chi connectivity index (χ2n) is 11.4. The number of carbonyl (C=O) groups is 3. The van der Waals surface area contributed by atoms with Crippen molar-refractivity contribution in [2.45, 2.75) is 187 Å². The molecule has 0 rings (SSSR count). The third kappa shape index (κ3) is 28.0. The Labute approximate surface area is 247 Å². The molecule has 0 spiro atoms. The lowest BCUT2D eigenvalue weighted by Crippen LogP contribution is -2.30. The molecule has 0 saturated carbocycles. The number of ether oxygens (including phenoxy) is 3. The predicted octanol–water partition coefficient (Wildman–Crippen LogP) is 9.80. The summed E-state index contributed by atoms with van der Waals surface area (Å²) in [6.45, 7) is 6.47. The van der Waals surface area contributed by atoms with E-state index in [1.54, 1.807) is 0 Å². The summed E-state index contributed by atoms with van der Waals surface area (Å²) in [7, 11) is 0. The van der Waals surface area contributed by atoms with Gasteiger partial charge in [-0.3, -0.25) is 14.4 Å². The highest BCUT2D eigenvalue weighted by Crippen LogP contribution is 2.13. The summed E-state index contributed by atoms with van der Waals surface area (Å²) in [5.74, 6) is -0.892. The van der Waals surface area contributed by atoms with Gasteiger partial charge in [0.2, 0.25) is 0 Å². The first-order valence-electron chi connectivity index (χ1n) is 17.0. The van der Waals surface area contributed by atoms with E-state index in [-0.39, 0.29) is 31.1 Å². The monoisotopic (exact) mass is 568 g/mol. The average molecular weight is 569 g/mol. The molecule has 0 aliphatic heterocycles. The van der Waals surface area contributed by atoms with Crippen LogP contribution in [-0.4, -0.2) is 37.2 Å². The van der Waals surface area contributed by atoms with E-state index in [0.29, 0.717) is 19.3 Å². The van der Waals surface area contributed by atoms with Gasteiger partial charge in [-0.1, -0.05) is 143 Å². The van der Waals surface area contributed by atoms with E-state index in [1.165, 1.54) is 77.0 Å². The van der Waals surface area contributed by atoms with Crippen LogP contribution in [0.1, 0.15) is 181 Å². The smallest absolute Gasteiger partial charge is 0.306 e. The molecular weight excluding hydrogens is 504 g/mol. The lowest BCUT2D eigenvalue weighted by atomic mass is 10.1. The molecule has 0 aromatic rings. The van der Waals surface area contributed by atoms with Crippen LogP contribution in [0, 0.1) is 0 Å². The summed E-state index contributed by atoms with van der Waals surface area (Å²) in [6, 6.07) is 0. The Hall–Kier alpha value is -1.59. The summed E-state index contributed by atoms with van der Waals surface area (Å²) in [5, 5.41) is 0. The number of unbranched alkanes of at least 4 members (excludes halogenated alkanes) is 19. The number of hydrogen-bond acceptors (Lipinski definition) is 6. The van der Waals surface area contributed by atoms with Crippen molar-refractivity contribution in [3.8, 4) is 0 Å². The number of rotatable bonds is 30. The van der Waals surface area contributed by atoms with E-state index < -0.39 is 6.10 Å². The Morgan fingerprint density at radius 2 is 0.675 bits per heavy atom. The van der Waals surface area contributed by atoms with Crippen molar-refractivity contribution in [3.05, 3.63) is 0 Å². The second kappa shape index (κ2) is 30.4. The van der Waals surface area contributed by atoms with Gasteiger partial charge >= 0.3 is 17.9 Å². The maximum absolute atomic E-state index is 12.4. The Kier molecular flexibility index (Phi) is 29.2. The Morgan fingerprint density at radius 3 is 1.00 bits per heavy atom. The first-order chi connectivity index (χ1) is 19.5. The molecule has 236 valence electrons. The molecule has 0 heterocycles. The van der Waals surface area contributed by atoms with Crippen LogP contribution >= 0.6 is 0 Å². The molecule has 1 atom stereocenters. The first-order valence-corrected chi connectivity index (χ1v) is 17.0. The zero-order valence-corrected chi connectivity index (χ0v) is 26.6. The van der Waals surface area contributed by atoms with Crippen LogP contribution in [0.5, 0.6) is 0 Å². The molecule has 0 N–H and O–H groups in total. The van der Waals surface area contributed by atoms with Gasteiger partial charge in [0.25, 0.3) is 0 Å². The van der Waals surface area contributed by atoms with Gasteiger partial charge in [0.1, 0.15) is 13.2 Å². The molecule has 6 nitrogen and oxygen atoms in total. The van der Waals surface area contributed by atoms with Gasteiger partial charge in [0.15, 0.2) is 6.10 Å². The SMILES string of the molecule is CCCCCCCCCCCCC(=O)OC[C@H](COC(=O)CCCCCCC)OC(=O)CCCCCCCCC. The minimum absolute atomic E-state index is 0.0663. The molecule has 0 unspecified atom stereocenters. The minimum atomic E-state index is -0.752. The van der Waals surface area contributed by atoms with Crippen molar-refractivity contribution >= 4 is 17.9 Å². The molecule has 0 fully saturated rings. The van der Waals surface area contributed by atoms with Crippen molar-refractivity contribution in [3.63, 3.8) is 0 Å². The van der Waals surface area contributed by atoms with Gasteiger partial charge in [-0.05, 0) is 19.3 Å². The summed E-state index contributed by atoms with van der Waals surface area (Å²) < 4.78 is 16.4. The van der Waals surface area contributed by atoms with Crippen LogP contribution in [0.15, 0.2) is 0 Å². The molecule has 0 aliphatic rings. The van der Waals surface area contributed by atoms with Gasteiger partial charge in [-0.25, -0.2) is 0 Å². The molecule has 0 aromatic carbocycles. The molecule has 0 amide bonds. The van der Waals surface area contributed by atoms with Crippen LogP contribution in [-0.2, 0) is 28.6 Å². The number of carbonyl (C=O) groups excluding carboxylic acids is 3. The van der Waals surface area contributed by atoms with Gasteiger partial charge < -0.3 is 14.2 Å². The van der Waals surface area contributed by atoms with E-state index in [4.69, 9.17) is 14.2 Å². The van der Waals surface area contributed by atoms with E-state index in [0.717, 1.165) is 64.2 Å². The van der Waals surface area contributed by atoms with Gasteiger partial charge in [0.05, 0.1) is 0 Å². The molecule has 0 bridgehead atoms. The molecule has 40 heavy (non-hydrogen) atoms. The maximum Gasteiger partial charge on any atom is 0.306 e. The molecule has 0 saturated heterocycles. The van der Waals surface area contributed by atoms with Crippen molar-refractivity contribution in [2.75, 3.05) is 13.2 Å². The van der Waals surface area contributed by atoms with E-state index in [9.17, 15) is 14.4 Å². The number of esters is 3. The lowest BCUT2D eigenvalue weighted by molar-refractivity contribution is -0.167. The Balaban J connectivity index is 4.29. The fourth-order valence-electron chi connectivity index (χ4n) is 4.73. The topological polar surface area (TPSA) is 78.9 Å². The highest BCUT2D eigenvalue weighted by Gasteiger charge is 2.19. The number of hydrogen-bond donors (Lipinski definition) is 0. The van der Waals surface area contributed by atoms with Crippen LogP contribution in [0.3, 0.4) is 0 Å². The zero-order valence-electron chi connectivity index (χ0n) is 26.6. The van der Waals surface area contributed by atoms with Crippen LogP contribution in [0.2, 0.25) is 0 Å². The van der Waals surface area contributed by atoms with Crippen LogP contribution in [0.4, 0.5) is 0 Å². The Bertz CT molecular complexity index is 591. The molecular formula is C34H64O6. The standard InChI is InChI=1S/C34H64O6/c1-4-7-10-13-15-16-17-19-21-24-27-33(36)39-30-31(29-38-32(35)26-23-20-12-9-6-3)40-34(37)28-25-22-18-14-11-8-5-2/h31H,4-30H2,1-3H3/t31-/m0/s1. The van der Waals surface area contributed by atoms with E-state index >= 15 is 0 Å². The summed E-state index contributed by atoms with van der Waals surface area (Å²) in [6.07, 6.45) is 25.5. The Morgan fingerprint density at radius 1 is 0.400 bits per heavy atom. The molecule has 0 aromatic heterocycles. The lowest BCUT2D eigenvalue weighted by Gasteiger charge is -2.18. The second-order valence-corrected chi connectivity index (χ2v) is 11.4. The van der Waals surface area contributed by atoms with Crippen LogP contribution in [0.25, 0.3) is 0 Å². The van der Waals surface area contributed by atoms with Crippen molar-refractivity contribution in [2.24, 2.45) is 0 Å². The van der Waals surface area contributed by atoms with Crippen molar-refractivity contribution < 1.29 is 28.6 Å².